The molecule has 2 aromatic rings. The normalized spacial score (nSPS) is 18.1. The van der Waals surface area contributed by atoms with Crippen LogP contribution in [0.3, 0.4) is 0 Å². The maximum absolute atomic E-state index is 13.0. The van der Waals surface area contributed by atoms with Gasteiger partial charge in [-0.2, -0.15) is 0 Å². The van der Waals surface area contributed by atoms with Crippen LogP contribution >= 0.6 is 0 Å². The highest BCUT2D eigenvalue weighted by Gasteiger charge is 2.39. The highest BCUT2D eigenvalue weighted by molar-refractivity contribution is 6.04. The maximum atomic E-state index is 13.0. The number of amides is 4. The van der Waals surface area contributed by atoms with Crippen LogP contribution in [0.1, 0.15) is 46.3 Å². The van der Waals surface area contributed by atoms with Crippen molar-refractivity contribution in [3.63, 3.8) is 0 Å². The third-order valence-corrected chi connectivity index (χ3v) is 5.64. The third-order valence-electron chi connectivity index (χ3n) is 5.64. The molecule has 4 rings (SSSR count). The molecule has 2 aliphatic rings. The van der Waals surface area contributed by atoms with Gasteiger partial charge in [-0.25, -0.2) is 4.79 Å². The van der Waals surface area contributed by atoms with Gasteiger partial charge in [0.25, 0.3) is 5.91 Å². The van der Waals surface area contributed by atoms with Crippen molar-refractivity contribution in [1.29, 1.82) is 0 Å². The number of nitrogens with one attached hydrogen (secondary N) is 2. The minimum Gasteiger partial charge on any atom is -0.489 e. The van der Waals surface area contributed by atoms with Crippen LogP contribution in [0, 0.1) is 0 Å². The largest absolute Gasteiger partial charge is 0.489 e. The SMILES string of the molecule is O=C(O)NCc1ccc(COc2cccc3c2CN(C2CCCC(=O)NC2=O)C3=O)cc1. The Kier molecular flexibility index (Phi) is 6.07. The van der Waals surface area contributed by atoms with Gasteiger partial charge in [0.05, 0.1) is 6.54 Å². The van der Waals surface area contributed by atoms with Gasteiger partial charge in [0.2, 0.25) is 11.8 Å². The van der Waals surface area contributed by atoms with Gasteiger partial charge >= 0.3 is 6.09 Å². The third kappa shape index (κ3) is 4.56. The molecule has 166 valence electrons. The summed E-state index contributed by atoms with van der Waals surface area (Å²) in [5, 5.41) is 13.4. The predicted octanol–water partition coefficient (Wildman–Crippen LogP) is 2.18. The number of hydrogen-bond acceptors (Lipinski definition) is 5. The zero-order valence-corrected chi connectivity index (χ0v) is 17.3. The van der Waals surface area contributed by atoms with Crippen molar-refractivity contribution in [3.8, 4) is 5.75 Å². The first kappa shape index (κ1) is 21.4. The standard InChI is InChI=1S/C23H23N3O6/c27-20-6-2-4-18(21(28)25-20)26-12-17-16(22(26)29)3-1-5-19(17)32-13-15-9-7-14(8-10-15)11-24-23(30)31/h1,3,5,7-10,18,24H,2,4,6,11-13H2,(H,30,31)(H,25,27,28). The molecule has 0 spiro atoms. The maximum Gasteiger partial charge on any atom is 0.404 e. The number of benzene rings is 2. The van der Waals surface area contributed by atoms with E-state index in [1.165, 1.54) is 4.90 Å². The number of carboxylic acid groups (broad SMARTS) is 1. The number of hydrogen-bond donors (Lipinski definition) is 3. The molecule has 0 saturated carbocycles. The van der Waals surface area contributed by atoms with Gasteiger partial charge in [-0.1, -0.05) is 30.3 Å². The molecule has 32 heavy (non-hydrogen) atoms. The Hall–Kier alpha value is -3.88. The van der Waals surface area contributed by atoms with E-state index >= 15 is 0 Å². The fourth-order valence-electron chi connectivity index (χ4n) is 3.97. The lowest BCUT2D eigenvalue weighted by Crippen LogP contribution is -2.46. The second kappa shape index (κ2) is 9.09. The van der Waals surface area contributed by atoms with Gasteiger partial charge in [-0.3, -0.25) is 19.7 Å². The molecule has 0 bridgehead atoms. The quantitative estimate of drug-likeness (QED) is 0.595. The fraction of sp³-hybridized carbons (Fsp3) is 0.304. The van der Waals surface area contributed by atoms with Gasteiger partial charge in [-0.05, 0) is 36.1 Å². The van der Waals surface area contributed by atoms with Gasteiger partial charge < -0.3 is 20.1 Å². The Labute approximate surface area is 184 Å². The van der Waals surface area contributed by atoms with E-state index in [0.717, 1.165) is 16.7 Å². The number of imide groups is 1. The Morgan fingerprint density at radius 3 is 2.62 bits per heavy atom. The minimum absolute atomic E-state index is 0.223. The van der Waals surface area contributed by atoms with Crippen LogP contribution < -0.4 is 15.4 Å². The lowest BCUT2D eigenvalue weighted by Gasteiger charge is -2.24. The van der Waals surface area contributed by atoms with Gasteiger partial charge in [0.1, 0.15) is 18.4 Å². The summed E-state index contributed by atoms with van der Waals surface area (Å²) in [6, 6.07) is 11.9. The Balaban J connectivity index is 1.44. The Morgan fingerprint density at radius 1 is 1.12 bits per heavy atom. The second-order valence-corrected chi connectivity index (χ2v) is 7.80. The van der Waals surface area contributed by atoms with E-state index in [0.29, 0.717) is 24.2 Å². The topological polar surface area (TPSA) is 125 Å². The minimum atomic E-state index is -1.08. The van der Waals surface area contributed by atoms with Crippen LogP contribution in [-0.4, -0.2) is 39.9 Å². The fourth-order valence-corrected chi connectivity index (χ4v) is 3.97. The summed E-state index contributed by atoms with van der Waals surface area (Å²) in [6.07, 6.45) is 0.184. The van der Waals surface area contributed by atoms with Crippen molar-refractivity contribution in [2.24, 2.45) is 0 Å². The molecule has 0 aromatic heterocycles. The summed E-state index contributed by atoms with van der Waals surface area (Å²) < 4.78 is 5.98. The molecule has 9 heteroatoms. The van der Waals surface area contributed by atoms with Crippen molar-refractivity contribution >= 4 is 23.8 Å². The number of rotatable bonds is 6. The van der Waals surface area contributed by atoms with Crippen molar-refractivity contribution in [2.45, 2.75) is 45.0 Å². The molecule has 2 aliphatic heterocycles. The summed E-state index contributed by atoms with van der Waals surface area (Å²) in [6.45, 7) is 0.743. The first-order valence-electron chi connectivity index (χ1n) is 10.4. The molecule has 0 radical (unpaired) electrons. The average Bonchev–Trinajstić information content (AvgIpc) is 3.01. The number of nitrogens with zero attached hydrogens (tertiary/aromatic N) is 1. The molecule has 1 fully saturated rings. The van der Waals surface area contributed by atoms with Crippen LogP contribution in [0.15, 0.2) is 42.5 Å². The molecular formula is C23H23N3O6. The van der Waals surface area contributed by atoms with E-state index < -0.39 is 18.0 Å². The highest BCUT2D eigenvalue weighted by atomic mass is 16.5. The number of carbonyl (C=O) groups is 4. The van der Waals surface area contributed by atoms with Gasteiger partial charge in [-0.15, -0.1) is 0 Å². The molecule has 2 heterocycles. The van der Waals surface area contributed by atoms with Crippen molar-refractivity contribution < 1.29 is 29.0 Å². The summed E-state index contributed by atoms with van der Waals surface area (Å²) in [5.74, 6) is -0.417. The number of carbonyl (C=O) groups excluding carboxylic acids is 3. The van der Waals surface area contributed by atoms with Crippen LogP contribution in [-0.2, 0) is 29.3 Å². The van der Waals surface area contributed by atoms with E-state index in [1.807, 2.05) is 24.3 Å². The summed E-state index contributed by atoms with van der Waals surface area (Å²) in [7, 11) is 0. The Bertz CT molecular complexity index is 1070. The van der Waals surface area contributed by atoms with Crippen LogP contribution in [0.2, 0.25) is 0 Å². The molecule has 2 aromatic carbocycles. The first-order valence-corrected chi connectivity index (χ1v) is 10.4. The Morgan fingerprint density at radius 2 is 1.88 bits per heavy atom. The molecule has 4 amide bonds. The molecule has 1 atom stereocenters. The molecule has 3 N–H and O–H groups in total. The smallest absolute Gasteiger partial charge is 0.404 e. The lowest BCUT2D eigenvalue weighted by molar-refractivity contribution is -0.132. The lowest BCUT2D eigenvalue weighted by atomic mass is 10.1. The monoisotopic (exact) mass is 437 g/mol. The molecule has 1 unspecified atom stereocenters. The zero-order chi connectivity index (χ0) is 22.7. The first-order chi connectivity index (χ1) is 15.4. The highest BCUT2D eigenvalue weighted by Crippen LogP contribution is 2.33. The van der Waals surface area contributed by atoms with Crippen molar-refractivity contribution in [1.82, 2.24) is 15.5 Å². The van der Waals surface area contributed by atoms with Crippen molar-refractivity contribution in [3.05, 3.63) is 64.7 Å². The molecule has 0 aliphatic carbocycles. The van der Waals surface area contributed by atoms with E-state index in [4.69, 9.17) is 9.84 Å². The van der Waals surface area contributed by atoms with E-state index in [2.05, 4.69) is 10.6 Å². The number of fused-ring (bicyclic) bond motifs is 1. The summed E-state index contributed by atoms with van der Waals surface area (Å²) in [5.41, 5.74) is 2.95. The second-order valence-electron chi connectivity index (χ2n) is 7.80. The van der Waals surface area contributed by atoms with Crippen LogP contribution in [0.4, 0.5) is 4.79 Å². The molecular weight excluding hydrogens is 414 g/mol. The molecule has 1 saturated heterocycles. The van der Waals surface area contributed by atoms with E-state index in [-0.39, 0.29) is 37.9 Å². The molecule has 9 nitrogen and oxygen atoms in total. The van der Waals surface area contributed by atoms with Crippen LogP contribution in [0.5, 0.6) is 5.75 Å². The zero-order valence-electron chi connectivity index (χ0n) is 17.3. The summed E-state index contributed by atoms with van der Waals surface area (Å²) in [4.78, 5) is 49.1. The van der Waals surface area contributed by atoms with Crippen LogP contribution in [0.25, 0.3) is 0 Å². The summed E-state index contributed by atoms with van der Waals surface area (Å²) >= 11 is 0. The van der Waals surface area contributed by atoms with Gasteiger partial charge in [0.15, 0.2) is 0 Å². The van der Waals surface area contributed by atoms with E-state index in [1.54, 1.807) is 18.2 Å². The predicted molar refractivity (Wildman–Crippen MR) is 113 cm³/mol. The van der Waals surface area contributed by atoms with E-state index in [9.17, 15) is 19.2 Å². The van der Waals surface area contributed by atoms with Crippen molar-refractivity contribution in [2.75, 3.05) is 0 Å². The average molecular weight is 437 g/mol. The van der Waals surface area contributed by atoms with Gasteiger partial charge in [0, 0.05) is 24.1 Å². The number of ether oxygens (including phenoxy) is 1.